The molecule has 1 amide bonds. The van der Waals surface area contributed by atoms with E-state index in [0.29, 0.717) is 6.04 Å². The average Bonchev–Trinajstić information content (AvgIpc) is 2.89. The number of rotatable bonds is 4. The lowest BCUT2D eigenvalue weighted by Gasteiger charge is -2.34. The zero-order valence-electron chi connectivity index (χ0n) is 16.1. The molecule has 2 heterocycles. The molecule has 26 heavy (non-hydrogen) atoms. The molecule has 0 aliphatic carbocycles. The van der Waals surface area contributed by atoms with E-state index in [-0.39, 0.29) is 5.91 Å². The molecule has 1 aromatic carbocycles. The van der Waals surface area contributed by atoms with E-state index in [9.17, 15) is 4.79 Å². The number of piperazine rings is 1. The summed E-state index contributed by atoms with van der Waals surface area (Å²) in [7, 11) is 0. The monoisotopic (exact) mass is 373 g/mol. The highest BCUT2D eigenvalue weighted by molar-refractivity contribution is 6.30. The summed E-state index contributed by atoms with van der Waals surface area (Å²) in [5, 5.41) is 0.775. The topological polar surface area (TPSA) is 28.5 Å². The predicted octanol–water partition coefficient (Wildman–Crippen LogP) is 4.30. The number of benzene rings is 1. The Balaban J connectivity index is 1.63. The zero-order chi connectivity index (χ0) is 18.8. The Hall–Kier alpha value is -1.78. The smallest absolute Gasteiger partial charge is 0.255 e. The molecule has 0 unspecified atom stereocenters. The second-order valence-electron chi connectivity index (χ2n) is 7.45. The molecule has 3 rings (SSSR count). The third-order valence-corrected chi connectivity index (χ3v) is 5.42. The van der Waals surface area contributed by atoms with Gasteiger partial charge < -0.3 is 9.47 Å². The van der Waals surface area contributed by atoms with Crippen LogP contribution in [-0.2, 0) is 6.54 Å². The first-order valence-electron chi connectivity index (χ1n) is 9.31. The fourth-order valence-electron chi connectivity index (χ4n) is 3.96. The number of nitrogens with zero attached hydrogens (tertiary/aromatic N) is 3. The minimum Gasteiger partial charge on any atom is -0.346 e. The summed E-state index contributed by atoms with van der Waals surface area (Å²) in [5.74, 6) is 0.160. The highest BCUT2D eigenvalue weighted by atomic mass is 35.5. The molecule has 4 nitrogen and oxygen atoms in total. The molecular weight excluding hydrogens is 346 g/mol. The molecule has 1 aromatic heterocycles. The molecule has 5 heteroatoms. The Morgan fingerprint density at radius 2 is 1.81 bits per heavy atom. The van der Waals surface area contributed by atoms with Crippen molar-refractivity contribution in [2.45, 2.75) is 40.3 Å². The zero-order valence-corrected chi connectivity index (χ0v) is 16.9. The van der Waals surface area contributed by atoms with Gasteiger partial charge in [0.2, 0.25) is 0 Å². The largest absolute Gasteiger partial charge is 0.346 e. The lowest BCUT2D eigenvalue weighted by Crippen LogP contribution is -2.48. The van der Waals surface area contributed by atoms with Crippen LogP contribution < -0.4 is 0 Å². The van der Waals surface area contributed by atoms with Crippen LogP contribution in [0, 0.1) is 13.8 Å². The van der Waals surface area contributed by atoms with Crippen molar-refractivity contribution in [2.24, 2.45) is 0 Å². The first kappa shape index (κ1) is 19.0. The number of halogens is 1. The van der Waals surface area contributed by atoms with Crippen molar-refractivity contribution in [2.75, 3.05) is 26.2 Å². The SMILES string of the molecule is Cc1cc(C(=O)N2CCN(Cc3cccc(Cl)c3)CC2)c(C)n1C(C)C. The van der Waals surface area contributed by atoms with E-state index < -0.39 is 0 Å². The molecule has 140 valence electrons. The molecule has 1 fully saturated rings. The number of carbonyl (C=O) groups is 1. The molecule has 1 aliphatic rings. The van der Waals surface area contributed by atoms with Gasteiger partial charge in [0.05, 0.1) is 5.56 Å². The van der Waals surface area contributed by atoms with Crippen LogP contribution in [0.2, 0.25) is 5.02 Å². The van der Waals surface area contributed by atoms with Gasteiger partial charge in [0.1, 0.15) is 0 Å². The van der Waals surface area contributed by atoms with Crippen molar-refractivity contribution in [3.63, 3.8) is 0 Å². The summed E-state index contributed by atoms with van der Waals surface area (Å²) < 4.78 is 2.24. The van der Waals surface area contributed by atoms with E-state index in [2.05, 4.69) is 43.2 Å². The van der Waals surface area contributed by atoms with Gasteiger partial charge in [-0.25, -0.2) is 0 Å². The van der Waals surface area contributed by atoms with Gasteiger partial charge in [0, 0.05) is 55.2 Å². The van der Waals surface area contributed by atoms with Crippen LogP contribution in [0.25, 0.3) is 0 Å². The van der Waals surface area contributed by atoms with Gasteiger partial charge in [-0.1, -0.05) is 23.7 Å². The van der Waals surface area contributed by atoms with Crippen molar-refractivity contribution in [3.05, 3.63) is 57.9 Å². The fourth-order valence-corrected chi connectivity index (χ4v) is 4.17. The number of hydrogen-bond donors (Lipinski definition) is 0. The maximum Gasteiger partial charge on any atom is 0.255 e. The van der Waals surface area contributed by atoms with Crippen molar-refractivity contribution >= 4 is 17.5 Å². The summed E-state index contributed by atoms with van der Waals surface area (Å²) in [6, 6.07) is 10.4. The fraction of sp³-hybridized carbons (Fsp3) is 0.476. The number of hydrogen-bond acceptors (Lipinski definition) is 2. The Morgan fingerprint density at radius 3 is 2.38 bits per heavy atom. The standard InChI is InChI=1S/C21H28ClN3O/c1-15(2)25-16(3)12-20(17(25)4)21(26)24-10-8-23(9-11-24)14-18-6-5-7-19(22)13-18/h5-7,12-13,15H,8-11,14H2,1-4H3. The third kappa shape index (κ3) is 3.97. The lowest BCUT2D eigenvalue weighted by molar-refractivity contribution is 0.0627. The highest BCUT2D eigenvalue weighted by Gasteiger charge is 2.25. The lowest BCUT2D eigenvalue weighted by atomic mass is 10.1. The summed E-state index contributed by atoms with van der Waals surface area (Å²) in [6.07, 6.45) is 0. The van der Waals surface area contributed by atoms with Crippen molar-refractivity contribution in [1.82, 2.24) is 14.4 Å². The van der Waals surface area contributed by atoms with E-state index in [4.69, 9.17) is 11.6 Å². The van der Waals surface area contributed by atoms with Crippen LogP contribution in [0.15, 0.2) is 30.3 Å². The summed E-state index contributed by atoms with van der Waals surface area (Å²) in [6.45, 7) is 12.6. The molecule has 2 aromatic rings. The second-order valence-corrected chi connectivity index (χ2v) is 7.88. The minimum absolute atomic E-state index is 0.160. The molecule has 0 radical (unpaired) electrons. The van der Waals surface area contributed by atoms with Gasteiger partial charge in [-0.15, -0.1) is 0 Å². The van der Waals surface area contributed by atoms with Crippen LogP contribution in [0.1, 0.15) is 47.2 Å². The van der Waals surface area contributed by atoms with Gasteiger partial charge >= 0.3 is 0 Å². The summed E-state index contributed by atoms with van der Waals surface area (Å²) in [4.78, 5) is 17.4. The first-order valence-corrected chi connectivity index (χ1v) is 9.69. The number of carbonyl (C=O) groups excluding carboxylic acids is 1. The van der Waals surface area contributed by atoms with Crippen LogP contribution in [-0.4, -0.2) is 46.5 Å². The molecular formula is C21H28ClN3O. The third-order valence-electron chi connectivity index (χ3n) is 5.19. The summed E-state index contributed by atoms with van der Waals surface area (Å²) in [5.41, 5.74) is 4.29. The Morgan fingerprint density at radius 1 is 1.12 bits per heavy atom. The first-order chi connectivity index (χ1) is 12.4. The van der Waals surface area contributed by atoms with Gasteiger partial charge in [-0.3, -0.25) is 9.69 Å². The van der Waals surface area contributed by atoms with E-state index in [1.807, 2.05) is 29.2 Å². The van der Waals surface area contributed by atoms with E-state index in [1.165, 1.54) is 5.56 Å². The molecule has 1 aliphatic heterocycles. The number of amides is 1. The maximum atomic E-state index is 13.0. The molecule has 0 saturated carbocycles. The van der Waals surface area contributed by atoms with Crippen LogP contribution in [0.3, 0.4) is 0 Å². The molecule has 0 atom stereocenters. The van der Waals surface area contributed by atoms with E-state index in [0.717, 1.165) is 54.7 Å². The Kier molecular flexibility index (Phi) is 5.73. The molecule has 1 saturated heterocycles. The van der Waals surface area contributed by atoms with Gasteiger partial charge in [-0.05, 0) is 51.5 Å². The van der Waals surface area contributed by atoms with Crippen molar-refractivity contribution in [3.8, 4) is 0 Å². The second kappa shape index (κ2) is 7.85. The molecule has 0 spiro atoms. The number of aryl methyl sites for hydroxylation is 1. The predicted molar refractivity (Wildman–Crippen MR) is 107 cm³/mol. The van der Waals surface area contributed by atoms with Gasteiger partial charge in [0.15, 0.2) is 0 Å². The van der Waals surface area contributed by atoms with Crippen LogP contribution >= 0.6 is 11.6 Å². The summed E-state index contributed by atoms with van der Waals surface area (Å²) >= 11 is 6.07. The minimum atomic E-state index is 0.160. The highest BCUT2D eigenvalue weighted by Crippen LogP contribution is 2.22. The number of aromatic nitrogens is 1. The van der Waals surface area contributed by atoms with Crippen LogP contribution in [0.4, 0.5) is 0 Å². The Labute approximate surface area is 161 Å². The average molecular weight is 374 g/mol. The maximum absolute atomic E-state index is 13.0. The van der Waals surface area contributed by atoms with Crippen molar-refractivity contribution in [1.29, 1.82) is 0 Å². The quantitative estimate of drug-likeness (QED) is 0.799. The van der Waals surface area contributed by atoms with E-state index in [1.54, 1.807) is 0 Å². The van der Waals surface area contributed by atoms with Crippen molar-refractivity contribution < 1.29 is 4.79 Å². The van der Waals surface area contributed by atoms with E-state index >= 15 is 0 Å². The van der Waals surface area contributed by atoms with Gasteiger partial charge in [0.25, 0.3) is 5.91 Å². The van der Waals surface area contributed by atoms with Gasteiger partial charge in [-0.2, -0.15) is 0 Å². The molecule has 0 bridgehead atoms. The van der Waals surface area contributed by atoms with Crippen LogP contribution in [0.5, 0.6) is 0 Å². The Bertz CT molecular complexity index is 789. The normalized spacial score (nSPS) is 15.7. The molecule has 0 N–H and O–H groups in total.